The maximum Gasteiger partial charge on any atom is 0.137 e. The molecule has 0 saturated carbocycles. The number of benzene rings is 1. The van der Waals surface area contributed by atoms with Crippen LogP contribution in [0.25, 0.3) is 0 Å². The van der Waals surface area contributed by atoms with Gasteiger partial charge >= 0.3 is 0 Å². The molecule has 0 radical (unpaired) electrons. The van der Waals surface area contributed by atoms with Crippen LogP contribution in [0.4, 0.5) is 0 Å². The Hall–Kier alpha value is -0.770. The number of rotatable bonds is 4. The zero-order valence-corrected chi connectivity index (χ0v) is 11.8. The fourth-order valence-electron chi connectivity index (χ4n) is 2.58. The predicted molar refractivity (Wildman–Crippen MR) is 75.5 cm³/mol. The third kappa shape index (κ3) is 2.97. The molecule has 18 heavy (non-hydrogen) atoms. The summed E-state index contributed by atoms with van der Waals surface area (Å²) in [7, 11) is 1.66. The monoisotopic (exact) mass is 268 g/mol. The van der Waals surface area contributed by atoms with Crippen LogP contribution in [-0.2, 0) is 0 Å². The molecule has 1 N–H and O–H groups in total. The Balaban J connectivity index is 2.20. The van der Waals surface area contributed by atoms with Crippen molar-refractivity contribution in [2.24, 2.45) is 0 Å². The Labute approximate surface area is 114 Å². The Morgan fingerprint density at radius 2 is 2.11 bits per heavy atom. The summed E-state index contributed by atoms with van der Waals surface area (Å²) in [5, 5.41) is 4.07. The summed E-state index contributed by atoms with van der Waals surface area (Å²) in [5.41, 5.74) is 1.29. The Morgan fingerprint density at radius 3 is 2.72 bits per heavy atom. The van der Waals surface area contributed by atoms with Gasteiger partial charge in [0.05, 0.1) is 12.1 Å². The van der Waals surface area contributed by atoms with Crippen LogP contribution in [0.5, 0.6) is 5.75 Å². The quantitative estimate of drug-likeness (QED) is 0.909. The Bertz CT molecular complexity index is 391. The van der Waals surface area contributed by atoms with E-state index < -0.39 is 0 Å². The van der Waals surface area contributed by atoms with Crippen molar-refractivity contribution in [2.45, 2.75) is 19.4 Å². The van der Waals surface area contributed by atoms with E-state index >= 15 is 0 Å². The molecule has 1 aromatic carbocycles. The van der Waals surface area contributed by atoms with E-state index in [1.807, 2.05) is 6.07 Å². The van der Waals surface area contributed by atoms with E-state index in [0.717, 1.165) is 38.3 Å². The molecule has 1 fully saturated rings. The summed E-state index contributed by atoms with van der Waals surface area (Å²) >= 11 is 6.08. The van der Waals surface area contributed by atoms with Gasteiger partial charge in [0.1, 0.15) is 5.75 Å². The van der Waals surface area contributed by atoms with Crippen molar-refractivity contribution < 1.29 is 4.74 Å². The molecule has 4 heteroatoms. The van der Waals surface area contributed by atoms with Crippen molar-refractivity contribution >= 4 is 11.6 Å². The second-order valence-corrected chi connectivity index (χ2v) is 5.01. The molecular formula is C14H21ClN2O. The first-order valence-corrected chi connectivity index (χ1v) is 6.92. The molecule has 0 aromatic heterocycles. The summed E-state index contributed by atoms with van der Waals surface area (Å²) in [4.78, 5) is 2.53. The third-order valence-corrected chi connectivity index (χ3v) is 3.85. The van der Waals surface area contributed by atoms with Crippen LogP contribution in [0.3, 0.4) is 0 Å². The van der Waals surface area contributed by atoms with E-state index in [1.165, 1.54) is 5.56 Å². The number of hydrogen-bond acceptors (Lipinski definition) is 3. The molecular weight excluding hydrogens is 248 g/mol. The zero-order valence-electron chi connectivity index (χ0n) is 11.1. The van der Waals surface area contributed by atoms with Gasteiger partial charge in [0.25, 0.3) is 0 Å². The minimum Gasteiger partial charge on any atom is -0.495 e. The van der Waals surface area contributed by atoms with Gasteiger partial charge in [-0.05, 0) is 24.1 Å². The number of hydrogen-bond donors (Lipinski definition) is 1. The lowest BCUT2D eigenvalue weighted by atomic mass is 10.0. The van der Waals surface area contributed by atoms with Crippen LogP contribution in [-0.4, -0.2) is 38.2 Å². The van der Waals surface area contributed by atoms with Gasteiger partial charge in [0.2, 0.25) is 0 Å². The Kier molecular flexibility index (Phi) is 4.87. The van der Waals surface area contributed by atoms with E-state index in [9.17, 15) is 0 Å². The van der Waals surface area contributed by atoms with Crippen molar-refractivity contribution in [3.8, 4) is 5.75 Å². The van der Waals surface area contributed by atoms with Crippen LogP contribution < -0.4 is 10.1 Å². The number of methoxy groups -OCH3 is 1. The summed E-state index contributed by atoms with van der Waals surface area (Å²) in [6.45, 7) is 6.57. The van der Waals surface area contributed by atoms with E-state index in [0.29, 0.717) is 11.1 Å². The number of halogens is 1. The van der Waals surface area contributed by atoms with Crippen molar-refractivity contribution in [3.63, 3.8) is 0 Å². The summed E-state index contributed by atoms with van der Waals surface area (Å²) in [5.74, 6) is 0.766. The smallest absolute Gasteiger partial charge is 0.137 e. The highest BCUT2D eigenvalue weighted by atomic mass is 35.5. The van der Waals surface area contributed by atoms with Gasteiger partial charge in [0, 0.05) is 32.2 Å². The fourth-order valence-corrected chi connectivity index (χ4v) is 2.78. The molecule has 1 heterocycles. The molecule has 0 bridgehead atoms. The lowest BCUT2D eigenvalue weighted by Gasteiger charge is -2.34. The van der Waals surface area contributed by atoms with Crippen molar-refractivity contribution in [3.05, 3.63) is 28.8 Å². The van der Waals surface area contributed by atoms with Crippen molar-refractivity contribution in [1.29, 1.82) is 0 Å². The molecule has 1 aliphatic rings. The van der Waals surface area contributed by atoms with E-state index in [2.05, 4.69) is 29.3 Å². The number of nitrogens with one attached hydrogen (secondary N) is 1. The second-order valence-electron chi connectivity index (χ2n) is 4.60. The summed E-state index contributed by atoms with van der Waals surface area (Å²) < 4.78 is 5.30. The molecule has 0 spiro atoms. The first-order valence-electron chi connectivity index (χ1n) is 6.54. The van der Waals surface area contributed by atoms with E-state index in [-0.39, 0.29) is 0 Å². The highest BCUT2D eigenvalue weighted by molar-refractivity contribution is 6.32. The molecule has 1 atom stereocenters. The molecule has 100 valence electrons. The molecule has 1 aliphatic heterocycles. The van der Waals surface area contributed by atoms with Gasteiger partial charge in [-0.1, -0.05) is 24.6 Å². The van der Waals surface area contributed by atoms with Gasteiger partial charge in [-0.3, -0.25) is 4.90 Å². The van der Waals surface area contributed by atoms with Crippen LogP contribution in [0.15, 0.2) is 18.2 Å². The van der Waals surface area contributed by atoms with E-state index in [4.69, 9.17) is 16.3 Å². The van der Waals surface area contributed by atoms with Crippen LogP contribution in [0.2, 0.25) is 5.02 Å². The first-order chi connectivity index (χ1) is 8.76. The van der Waals surface area contributed by atoms with Crippen LogP contribution >= 0.6 is 11.6 Å². The van der Waals surface area contributed by atoms with Crippen molar-refractivity contribution in [1.82, 2.24) is 10.2 Å². The highest BCUT2D eigenvalue weighted by Crippen LogP contribution is 2.31. The molecule has 2 rings (SSSR count). The van der Waals surface area contributed by atoms with Crippen LogP contribution in [0, 0.1) is 0 Å². The normalized spacial score (nSPS) is 18.6. The van der Waals surface area contributed by atoms with Crippen LogP contribution in [0.1, 0.15) is 24.9 Å². The lowest BCUT2D eigenvalue weighted by Crippen LogP contribution is -2.45. The molecule has 0 amide bonds. The largest absolute Gasteiger partial charge is 0.495 e. The molecule has 3 nitrogen and oxygen atoms in total. The number of nitrogens with zero attached hydrogens (tertiary/aromatic N) is 1. The number of piperazine rings is 1. The highest BCUT2D eigenvalue weighted by Gasteiger charge is 2.21. The molecule has 1 saturated heterocycles. The molecule has 1 aromatic rings. The number of ether oxygens (including phenoxy) is 1. The minimum absolute atomic E-state index is 0.457. The fraction of sp³-hybridized carbons (Fsp3) is 0.571. The summed E-state index contributed by atoms with van der Waals surface area (Å²) in [6.07, 6.45) is 1.10. The molecule has 0 aliphatic carbocycles. The van der Waals surface area contributed by atoms with Gasteiger partial charge in [-0.2, -0.15) is 0 Å². The standard InChI is InChI=1S/C14H21ClN2O/c1-3-13(17-8-6-16-7-9-17)11-4-5-12(15)14(10-11)18-2/h4-5,10,13,16H,3,6-9H2,1-2H3/t13-/m0/s1. The zero-order chi connectivity index (χ0) is 13.0. The van der Waals surface area contributed by atoms with Gasteiger partial charge in [-0.15, -0.1) is 0 Å². The average molecular weight is 269 g/mol. The van der Waals surface area contributed by atoms with Gasteiger partial charge < -0.3 is 10.1 Å². The SMILES string of the molecule is CC[C@@H](c1ccc(Cl)c(OC)c1)N1CCNCC1. The topological polar surface area (TPSA) is 24.5 Å². The van der Waals surface area contributed by atoms with Gasteiger partial charge in [-0.25, -0.2) is 0 Å². The average Bonchev–Trinajstić information content (AvgIpc) is 2.42. The maximum atomic E-state index is 6.08. The Morgan fingerprint density at radius 1 is 1.39 bits per heavy atom. The van der Waals surface area contributed by atoms with Crippen molar-refractivity contribution in [2.75, 3.05) is 33.3 Å². The molecule has 0 unspecified atom stereocenters. The second kappa shape index (κ2) is 6.41. The maximum absolute atomic E-state index is 6.08. The summed E-state index contributed by atoms with van der Waals surface area (Å²) in [6, 6.07) is 6.57. The first kappa shape index (κ1) is 13.7. The predicted octanol–water partition coefficient (Wildman–Crippen LogP) is 2.70. The van der Waals surface area contributed by atoms with E-state index in [1.54, 1.807) is 7.11 Å². The van der Waals surface area contributed by atoms with Gasteiger partial charge in [0.15, 0.2) is 0 Å². The minimum atomic E-state index is 0.457. The third-order valence-electron chi connectivity index (χ3n) is 3.54. The lowest BCUT2D eigenvalue weighted by molar-refractivity contribution is 0.169.